The van der Waals surface area contributed by atoms with E-state index in [0.29, 0.717) is 6.61 Å². The van der Waals surface area contributed by atoms with Crippen molar-refractivity contribution in [1.82, 2.24) is 0 Å². The van der Waals surface area contributed by atoms with Crippen molar-refractivity contribution in [2.75, 3.05) is 25.1 Å². The van der Waals surface area contributed by atoms with E-state index in [1.54, 1.807) is 13.8 Å². The molecule has 27 heavy (non-hydrogen) atoms. The molecule has 1 saturated carbocycles. The van der Waals surface area contributed by atoms with E-state index in [0.717, 1.165) is 21.3 Å². The third-order valence-corrected chi connectivity index (χ3v) is 6.26. The summed E-state index contributed by atoms with van der Waals surface area (Å²) in [6.45, 7) is 4.35. The van der Waals surface area contributed by atoms with Gasteiger partial charge in [0.05, 0.1) is 25.2 Å². The number of nitrogens with one attached hydrogen (secondary N) is 1. The van der Waals surface area contributed by atoms with Crippen LogP contribution < -0.4 is 5.32 Å². The quantitative estimate of drug-likeness (QED) is 0.444. The summed E-state index contributed by atoms with van der Waals surface area (Å²) in [5, 5.41) is 3.42. The van der Waals surface area contributed by atoms with Gasteiger partial charge in [0, 0.05) is 10.2 Å². The molecule has 2 heterocycles. The van der Waals surface area contributed by atoms with Crippen LogP contribution in [0.15, 0.2) is 34.3 Å². The third kappa shape index (κ3) is 2.55. The van der Waals surface area contributed by atoms with Gasteiger partial charge in [0.2, 0.25) is 0 Å². The van der Waals surface area contributed by atoms with Crippen molar-refractivity contribution in [3.8, 4) is 0 Å². The lowest BCUT2D eigenvalue weighted by molar-refractivity contribution is -0.172. The molecule has 1 aromatic rings. The number of hydrogen-bond donors (Lipinski definition) is 1. The summed E-state index contributed by atoms with van der Waals surface area (Å²) in [7, 11) is 0. The maximum Gasteiger partial charge on any atom is 0.323 e. The van der Waals surface area contributed by atoms with Gasteiger partial charge in [-0.2, -0.15) is 0 Å². The van der Waals surface area contributed by atoms with Crippen LogP contribution in [0.25, 0.3) is 0 Å². The van der Waals surface area contributed by atoms with Crippen molar-refractivity contribution >= 4 is 33.6 Å². The van der Waals surface area contributed by atoms with E-state index in [1.165, 1.54) is 0 Å². The van der Waals surface area contributed by atoms with E-state index in [9.17, 15) is 9.59 Å². The van der Waals surface area contributed by atoms with Gasteiger partial charge in [-0.25, -0.2) is 0 Å². The van der Waals surface area contributed by atoms with Crippen LogP contribution in [0.2, 0.25) is 0 Å². The largest absolute Gasteiger partial charge is 0.465 e. The highest BCUT2D eigenvalue weighted by molar-refractivity contribution is 9.10. The molecule has 0 aromatic heterocycles. The molecule has 2 aliphatic heterocycles. The molecular weight excluding hydrogens is 414 g/mol. The van der Waals surface area contributed by atoms with E-state index in [2.05, 4.69) is 21.2 Å². The molecule has 3 aliphatic rings. The Morgan fingerprint density at radius 3 is 2.63 bits per heavy atom. The number of anilines is 1. The Balaban J connectivity index is 1.86. The Morgan fingerprint density at radius 2 is 1.96 bits per heavy atom. The second-order valence-electron chi connectivity index (χ2n) is 7.12. The lowest BCUT2D eigenvalue weighted by Gasteiger charge is -2.36. The number of carbonyl (C=O) groups is 2. The summed E-state index contributed by atoms with van der Waals surface area (Å²) in [5.41, 5.74) is 1.08. The second-order valence-corrected chi connectivity index (χ2v) is 8.04. The number of fused-ring (bicyclic) bond motifs is 1. The van der Waals surface area contributed by atoms with Crippen molar-refractivity contribution in [2.24, 2.45) is 5.41 Å². The van der Waals surface area contributed by atoms with Gasteiger partial charge in [-0.05, 0) is 50.5 Å². The van der Waals surface area contributed by atoms with Gasteiger partial charge < -0.3 is 19.5 Å². The molecular formula is C20H22BrNO5. The van der Waals surface area contributed by atoms with Gasteiger partial charge in [-0.15, -0.1) is 0 Å². The minimum Gasteiger partial charge on any atom is -0.465 e. The van der Waals surface area contributed by atoms with Gasteiger partial charge in [0.1, 0.15) is 6.23 Å². The van der Waals surface area contributed by atoms with E-state index >= 15 is 0 Å². The summed E-state index contributed by atoms with van der Waals surface area (Å²) < 4.78 is 17.6. The number of ether oxygens (including phenoxy) is 3. The van der Waals surface area contributed by atoms with Crippen molar-refractivity contribution in [3.63, 3.8) is 0 Å². The number of carbonyl (C=O) groups excluding carboxylic acids is 2. The third-order valence-electron chi connectivity index (χ3n) is 5.77. The predicted octanol–water partition coefficient (Wildman–Crippen LogP) is 3.30. The fourth-order valence-electron chi connectivity index (χ4n) is 4.67. The number of benzene rings is 1. The zero-order valence-electron chi connectivity index (χ0n) is 15.3. The first kappa shape index (κ1) is 18.5. The lowest BCUT2D eigenvalue weighted by Crippen LogP contribution is -2.46. The summed E-state index contributed by atoms with van der Waals surface area (Å²) >= 11 is 3.54. The average Bonchev–Trinajstić information content (AvgIpc) is 3.16. The molecule has 7 heteroatoms. The summed E-state index contributed by atoms with van der Waals surface area (Å²) in [5.74, 6) is -1.04. The average molecular weight is 436 g/mol. The van der Waals surface area contributed by atoms with Crippen LogP contribution in [0.1, 0.15) is 32.3 Å². The van der Waals surface area contributed by atoms with Crippen LogP contribution in [0.3, 0.4) is 0 Å². The first-order valence-electron chi connectivity index (χ1n) is 9.20. The molecule has 1 aromatic carbocycles. The second kappa shape index (κ2) is 6.63. The molecule has 4 rings (SSSR count). The summed E-state index contributed by atoms with van der Waals surface area (Å²) in [6.07, 6.45) is 2.23. The standard InChI is InChI=1S/C20H22BrNO5/c1-3-25-17(23)19(18(24)26-4-2)10-12-7-8-27-16-20(12,11-19)14-9-13(21)5-6-15(14)22-16/h5-7,9,16,22H,3-4,8,10-11H2,1-2H3/t16-,20-/m1/s1. The van der Waals surface area contributed by atoms with Crippen LogP contribution in [0, 0.1) is 5.41 Å². The zero-order valence-corrected chi connectivity index (χ0v) is 16.9. The van der Waals surface area contributed by atoms with Crippen molar-refractivity contribution in [3.05, 3.63) is 39.9 Å². The van der Waals surface area contributed by atoms with Crippen molar-refractivity contribution < 1.29 is 23.8 Å². The van der Waals surface area contributed by atoms with Crippen LogP contribution in [-0.4, -0.2) is 38.0 Å². The van der Waals surface area contributed by atoms with Crippen LogP contribution in [-0.2, 0) is 29.2 Å². The molecule has 2 atom stereocenters. The zero-order chi connectivity index (χ0) is 19.2. The number of esters is 2. The minimum absolute atomic E-state index is 0.215. The molecule has 0 unspecified atom stereocenters. The normalized spacial score (nSPS) is 26.9. The molecule has 0 saturated heterocycles. The van der Waals surface area contributed by atoms with Gasteiger partial charge in [-0.3, -0.25) is 9.59 Å². The highest BCUT2D eigenvalue weighted by Crippen LogP contribution is 2.62. The first-order chi connectivity index (χ1) is 13.0. The molecule has 1 spiro atoms. The Morgan fingerprint density at radius 1 is 1.26 bits per heavy atom. The molecule has 1 N–H and O–H groups in total. The molecule has 0 bridgehead atoms. The maximum atomic E-state index is 13.0. The molecule has 1 aliphatic carbocycles. The summed E-state index contributed by atoms with van der Waals surface area (Å²) in [4.78, 5) is 25.9. The van der Waals surface area contributed by atoms with Gasteiger partial charge in [-0.1, -0.05) is 27.6 Å². The Hall–Kier alpha value is -1.86. The monoisotopic (exact) mass is 435 g/mol. The number of rotatable bonds is 4. The SMILES string of the molecule is CCOC(=O)C1(C(=O)OCC)CC2=CCO[C@H]3Nc4ccc(Br)cc4[C@@]23C1. The molecule has 0 radical (unpaired) electrons. The maximum absolute atomic E-state index is 13.0. The number of halogens is 1. The predicted molar refractivity (Wildman–Crippen MR) is 102 cm³/mol. The topological polar surface area (TPSA) is 73.9 Å². The molecule has 6 nitrogen and oxygen atoms in total. The van der Waals surface area contributed by atoms with E-state index < -0.39 is 22.8 Å². The highest BCUT2D eigenvalue weighted by Gasteiger charge is 2.67. The van der Waals surface area contributed by atoms with Gasteiger partial charge in [0.15, 0.2) is 5.41 Å². The van der Waals surface area contributed by atoms with Crippen LogP contribution in [0.5, 0.6) is 0 Å². The Kier molecular flexibility index (Phi) is 4.55. The molecule has 0 amide bonds. The van der Waals surface area contributed by atoms with Gasteiger partial charge in [0.25, 0.3) is 0 Å². The fourth-order valence-corrected chi connectivity index (χ4v) is 5.04. The van der Waals surface area contributed by atoms with Crippen LogP contribution in [0.4, 0.5) is 5.69 Å². The van der Waals surface area contributed by atoms with E-state index in [4.69, 9.17) is 14.2 Å². The van der Waals surface area contributed by atoms with Crippen molar-refractivity contribution in [2.45, 2.75) is 38.3 Å². The number of hydrogen-bond acceptors (Lipinski definition) is 6. The van der Waals surface area contributed by atoms with Crippen molar-refractivity contribution in [1.29, 1.82) is 0 Å². The Bertz CT molecular complexity index is 818. The fraction of sp³-hybridized carbons (Fsp3) is 0.500. The minimum atomic E-state index is -1.35. The molecule has 1 fully saturated rings. The molecule has 144 valence electrons. The van der Waals surface area contributed by atoms with Crippen LogP contribution >= 0.6 is 15.9 Å². The smallest absolute Gasteiger partial charge is 0.323 e. The van der Waals surface area contributed by atoms with Gasteiger partial charge >= 0.3 is 11.9 Å². The first-order valence-corrected chi connectivity index (χ1v) is 9.99. The van der Waals surface area contributed by atoms with E-state index in [1.807, 2.05) is 24.3 Å². The summed E-state index contributed by atoms with van der Waals surface area (Å²) in [6, 6.07) is 5.99. The van der Waals surface area contributed by atoms with E-state index in [-0.39, 0.29) is 32.3 Å². The highest BCUT2D eigenvalue weighted by atomic mass is 79.9. The Labute approximate surface area is 166 Å². The lowest BCUT2D eigenvalue weighted by atomic mass is 9.73.